The van der Waals surface area contributed by atoms with E-state index in [9.17, 15) is 3.50 Å². The quantitative estimate of drug-likeness (QED) is 0.662. The first-order valence-electron chi connectivity index (χ1n) is 4.58. The van der Waals surface area contributed by atoms with Gasteiger partial charge in [0.1, 0.15) is 0 Å². The third kappa shape index (κ3) is 13.8. The molecule has 0 amide bonds. The van der Waals surface area contributed by atoms with Gasteiger partial charge in [-0.3, -0.25) is 0 Å². The van der Waals surface area contributed by atoms with E-state index >= 15 is 0 Å². The molecule has 0 fully saturated rings. The Bertz CT molecular complexity index is 83.8. The Hall–Kier alpha value is 1.27. The van der Waals surface area contributed by atoms with E-state index in [2.05, 4.69) is 14.8 Å². The molecule has 12 heavy (non-hydrogen) atoms. The zero-order chi connectivity index (χ0) is 10.3. The fourth-order valence-corrected chi connectivity index (χ4v) is 3.46. The van der Waals surface area contributed by atoms with Crippen LogP contribution in [0.5, 0.6) is 0 Å². The van der Waals surface area contributed by atoms with Gasteiger partial charge in [-0.05, 0) is 0 Å². The van der Waals surface area contributed by atoms with E-state index in [4.69, 9.17) is 0 Å². The molecular formula is C9H23FGeSn. The van der Waals surface area contributed by atoms with Crippen LogP contribution in [-0.4, -0.2) is 34.6 Å². The van der Waals surface area contributed by atoms with Crippen molar-refractivity contribution in [1.29, 1.82) is 0 Å². The molecule has 0 aromatic rings. The molecule has 0 unspecified atom stereocenters. The summed E-state index contributed by atoms with van der Waals surface area (Å²) >= 11 is -2.64. The summed E-state index contributed by atoms with van der Waals surface area (Å²) < 4.78 is 13.5. The summed E-state index contributed by atoms with van der Waals surface area (Å²) in [6.45, 7) is 7.93. The molecule has 74 valence electrons. The van der Waals surface area contributed by atoms with Crippen molar-refractivity contribution in [2.45, 2.75) is 52.0 Å². The summed E-state index contributed by atoms with van der Waals surface area (Å²) in [5.74, 6) is 0. The van der Waals surface area contributed by atoms with Crippen molar-refractivity contribution in [1.82, 2.24) is 0 Å². The van der Waals surface area contributed by atoms with Crippen molar-refractivity contribution in [2.75, 3.05) is 0 Å². The fourth-order valence-electron chi connectivity index (χ4n) is 0.667. The average molecular weight is 342 g/mol. The first kappa shape index (κ1) is 15.7. The van der Waals surface area contributed by atoms with Crippen LogP contribution in [0.1, 0.15) is 27.7 Å². The molecule has 0 aliphatic heterocycles. The molecule has 0 bridgehead atoms. The minimum atomic E-state index is -2.09. The van der Waals surface area contributed by atoms with Crippen LogP contribution in [-0.2, 0) is 0 Å². The Morgan fingerprint density at radius 2 is 1.08 bits per heavy atom. The molecule has 0 spiro atoms. The molecule has 0 aromatic heterocycles. The summed E-state index contributed by atoms with van der Waals surface area (Å²) in [6.07, 6.45) is 0. The van der Waals surface area contributed by atoms with Crippen molar-refractivity contribution in [2.24, 2.45) is 0 Å². The molecule has 0 aliphatic rings. The van der Waals surface area contributed by atoms with E-state index in [1.165, 1.54) is 0 Å². The first-order valence-corrected chi connectivity index (χ1v) is 16.4. The van der Waals surface area contributed by atoms with Gasteiger partial charge in [0, 0.05) is 0 Å². The van der Waals surface area contributed by atoms with Gasteiger partial charge in [0.25, 0.3) is 0 Å². The minimum absolute atomic E-state index is 0.343. The van der Waals surface area contributed by atoms with Crippen LogP contribution < -0.4 is 0 Å². The Morgan fingerprint density at radius 1 is 0.917 bits per heavy atom. The predicted octanol–water partition coefficient (Wildman–Crippen LogP) is 4.14. The zero-order valence-corrected chi connectivity index (χ0v) is 14.5. The van der Waals surface area contributed by atoms with Crippen molar-refractivity contribution in [3.05, 3.63) is 0 Å². The molecule has 2 radical (unpaired) electrons. The van der Waals surface area contributed by atoms with Crippen molar-refractivity contribution >= 4 is 34.6 Å². The Balaban J connectivity index is 0. The summed E-state index contributed by atoms with van der Waals surface area (Å²) in [5, 5.41) is 0. The van der Waals surface area contributed by atoms with Crippen LogP contribution in [0.4, 0.5) is 3.50 Å². The van der Waals surface area contributed by atoms with E-state index in [-0.39, 0.29) is 0 Å². The molecule has 0 heterocycles. The summed E-state index contributed by atoms with van der Waals surface area (Å²) in [4.78, 5) is 7.09. The van der Waals surface area contributed by atoms with Gasteiger partial charge in [0.05, 0.1) is 0 Å². The molecule has 0 aromatic carbocycles. The van der Waals surface area contributed by atoms with Gasteiger partial charge in [-0.15, -0.1) is 0 Å². The maximum absolute atomic E-state index is 12.8. The molecule has 0 saturated carbocycles. The second-order valence-corrected chi connectivity index (χ2v) is 19.2. The van der Waals surface area contributed by atoms with Crippen LogP contribution >= 0.6 is 0 Å². The molecule has 3 heteroatoms. The van der Waals surface area contributed by atoms with E-state index in [1.54, 1.807) is 0 Å². The second-order valence-electron chi connectivity index (χ2n) is 4.19. The topological polar surface area (TPSA) is 0 Å². The number of rotatable bonds is 2. The van der Waals surface area contributed by atoms with Gasteiger partial charge in [0.15, 0.2) is 0 Å². The zero-order valence-electron chi connectivity index (χ0n) is 9.53. The van der Waals surface area contributed by atoms with Crippen molar-refractivity contribution < 1.29 is 3.50 Å². The fraction of sp³-hybridized carbons (Fsp3) is 1.00. The molecule has 0 atom stereocenters. The van der Waals surface area contributed by atoms with Gasteiger partial charge >= 0.3 is 90.1 Å². The summed E-state index contributed by atoms with van der Waals surface area (Å²) in [5.41, 5.74) is 0. The third-order valence-corrected chi connectivity index (χ3v) is 5.73. The van der Waals surface area contributed by atoms with E-state index < -0.39 is 34.6 Å². The van der Waals surface area contributed by atoms with E-state index in [1.807, 2.05) is 27.7 Å². The standard InChI is InChI=1S/C6H14FGe.3CH3.Sn/c1-5(2)8(7)6(3)4;;;;/h5-6H,1-4H3;3*1H3;. The number of halogens is 1. The molecule has 0 N–H and O–H groups in total. The Morgan fingerprint density at radius 3 is 1.08 bits per heavy atom. The van der Waals surface area contributed by atoms with Gasteiger partial charge in [-0.1, -0.05) is 0 Å². The van der Waals surface area contributed by atoms with Crippen molar-refractivity contribution in [3.8, 4) is 0 Å². The molecule has 0 aliphatic carbocycles. The van der Waals surface area contributed by atoms with Gasteiger partial charge in [-0.2, -0.15) is 0 Å². The van der Waals surface area contributed by atoms with Gasteiger partial charge in [0.2, 0.25) is 0 Å². The first-order chi connectivity index (χ1) is 5.29. The van der Waals surface area contributed by atoms with E-state index in [0.717, 1.165) is 0 Å². The van der Waals surface area contributed by atoms with Gasteiger partial charge < -0.3 is 0 Å². The summed E-state index contributed by atoms with van der Waals surface area (Å²) in [7, 11) is 0. The second kappa shape index (κ2) is 8.85. The SMILES string of the molecule is C[CH](C)[Ge]([F])[CH](C)C.[CH3][Sn]([CH3])[CH3]. The van der Waals surface area contributed by atoms with Crippen LogP contribution in [0.25, 0.3) is 0 Å². The van der Waals surface area contributed by atoms with Crippen LogP contribution in [0.3, 0.4) is 0 Å². The monoisotopic (exact) mass is 344 g/mol. The molecule has 0 saturated heterocycles. The summed E-state index contributed by atoms with van der Waals surface area (Å²) in [6, 6.07) is 0. The van der Waals surface area contributed by atoms with Crippen LogP contribution in [0.15, 0.2) is 0 Å². The van der Waals surface area contributed by atoms with Crippen LogP contribution in [0, 0.1) is 0 Å². The Labute approximate surface area is 89.6 Å². The maximum atomic E-state index is 12.8. The Kier molecular flexibility index (Phi) is 11.6. The molecule has 0 rings (SSSR count). The third-order valence-electron chi connectivity index (χ3n) is 1.10. The number of hydrogen-bond donors (Lipinski definition) is 0. The molecular weight excluding hydrogens is 318 g/mol. The number of hydrogen-bond acceptors (Lipinski definition) is 0. The van der Waals surface area contributed by atoms with Crippen LogP contribution in [0.2, 0.25) is 24.3 Å². The van der Waals surface area contributed by atoms with Crippen molar-refractivity contribution in [3.63, 3.8) is 0 Å². The average Bonchev–Trinajstić information content (AvgIpc) is 1.84. The normalized spacial score (nSPS) is 11.0. The van der Waals surface area contributed by atoms with E-state index in [0.29, 0.717) is 9.50 Å². The molecule has 0 nitrogen and oxygen atoms in total. The predicted molar refractivity (Wildman–Crippen MR) is 60.4 cm³/mol. The van der Waals surface area contributed by atoms with Gasteiger partial charge in [-0.25, -0.2) is 0 Å².